The molecular weight excluding hydrogens is 385 g/mol. The Morgan fingerprint density at radius 2 is 1.87 bits per heavy atom. The van der Waals surface area contributed by atoms with Crippen LogP contribution in [0.1, 0.15) is 5.56 Å². The van der Waals surface area contributed by atoms with Gasteiger partial charge >= 0.3 is 0 Å². The van der Waals surface area contributed by atoms with E-state index >= 15 is 0 Å². The van der Waals surface area contributed by atoms with Gasteiger partial charge in [-0.2, -0.15) is 0 Å². The first kappa shape index (κ1) is 19.3. The zero-order valence-electron chi connectivity index (χ0n) is 16.1. The van der Waals surface area contributed by atoms with Crippen LogP contribution in [-0.4, -0.2) is 23.2 Å². The van der Waals surface area contributed by atoms with Gasteiger partial charge in [0.15, 0.2) is 0 Å². The number of ether oxygens (including phenoxy) is 1. The summed E-state index contributed by atoms with van der Waals surface area (Å²) >= 11 is 0. The number of hydrogen-bond donors (Lipinski definition) is 1. The molecule has 0 aliphatic rings. The highest BCUT2D eigenvalue weighted by atomic mass is 19.1. The van der Waals surface area contributed by atoms with Crippen LogP contribution in [-0.2, 0) is 11.2 Å². The molecule has 6 nitrogen and oxygen atoms in total. The predicted octanol–water partition coefficient (Wildman–Crippen LogP) is 4.73. The first-order chi connectivity index (χ1) is 14.7. The molecular formula is C23H18FN3O3. The van der Waals surface area contributed by atoms with E-state index in [1.54, 1.807) is 36.7 Å². The number of benzene rings is 2. The molecule has 1 amide bonds. The Labute approximate surface area is 172 Å². The first-order valence-corrected chi connectivity index (χ1v) is 9.23. The van der Waals surface area contributed by atoms with Crippen LogP contribution >= 0.6 is 0 Å². The van der Waals surface area contributed by atoms with Crippen LogP contribution in [0.3, 0.4) is 0 Å². The van der Waals surface area contributed by atoms with Gasteiger partial charge in [-0.25, -0.2) is 4.39 Å². The Morgan fingerprint density at radius 3 is 2.57 bits per heavy atom. The van der Waals surface area contributed by atoms with Gasteiger partial charge in [0.05, 0.1) is 19.1 Å². The van der Waals surface area contributed by atoms with Gasteiger partial charge in [-0.1, -0.05) is 35.5 Å². The summed E-state index contributed by atoms with van der Waals surface area (Å²) in [7, 11) is 1.47. The molecule has 0 unspecified atom stereocenters. The van der Waals surface area contributed by atoms with E-state index in [9.17, 15) is 9.18 Å². The Kier molecular flexibility index (Phi) is 5.52. The largest absolute Gasteiger partial charge is 0.497 e. The van der Waals surface area contributed by atoms with Gasteiger partial charge in [0.2, 0.25) is 11.8 Å². The maximum Gasteiger partial charge on any atom is 0.239 e. The van der Waals surface area contributed by atoms with E-state index < -0.39 is 5.82 Å². The molecule has 2 heterocycles. The summed E-state index contributed by atoms with van der Waals surface area (Å²) in [5, 5.41) is 6.80. The van der Waals surface area contributed by atoms with E-state index in [1.807, 2.05) is 30.3 Å². The predicted molar refractivity (Wildman–Crippen MR) is 110 cm³/mol. The topological polar surface area (TPSA) is 77.3 Å². The Morgan fingerprint density at radius 1 is 1.10 bits per heavy atom. The lowest BCUT2D eigenvalue weighted by molar-refractivity contribution is -0.115. The lowest BCUT2D eigenvalue weighted by atomic mass is 10.0. The summed E-state index contributed by atoms with van der Waals surface area (Å²) in [6.45, 7) is 0. The highest BCUT2D eigenvalue weighted by Gasteiger charge is 2.23. The lowest BCUT2D eigenvalue weighted by Gasteiger charge is -2.08. The maximum absolute atomic E-state index is 14.7. The van der Waals surface area contributed by atoms with Crippen molar-refractivity contribution in [1.82, 2.24) is 10.1 Å². The lowest BCUT2D eigenvalue weighted by Crippen LogP contribution is -2.14. The molecule has 0 radical (unpaired) electrons. The van der Waals surface area contributed by atoms with Gasteiger partial charge in [-0.3, -0.25) is 15.1 Å². The number of nitrogens with zero attached hydrogens (tertiary/aromatic N) is 2. The fraction of sp³-hybridized carbons (Fsp3) is 0.0870. The van der Waals surface area contributed by atoms with Crippen molar-refractivity contribution in [3.63, 3.8) is 0 Å². The van der Waals surface area contributed by atoms with Crippen molar-refractivity contribution in [2.75, 3.05) is 12.4 Å². The van der Waals surface area contributed by atoms with Crippen molar-refractivity contribution in [3.8, 4) is 28.1 Å². The molecule has 4 rings (SSSR count). The molecule has 0 fully saturated rings. The highest BCUT2D eigenvalue weighted by molar-refractivity contribution is 5.97. The zero-order chi connectivity index (χ0) is 20.9. The minimum Gasteiger partial charge on any atom is -0.497 e. The molecule has 0 aliphatic heterocycles. The third-order valence-corrected chi connectivity index (χ3v) is 4.55. The second kappa shape index (κ2) is 8.57. The molecule has 1 N–H and O–H groups in total. The number of amides is 1. The van der Waals surface area contributed by atoms with Crippen LogP contribution in [0.2, 0.25) is 0 Å². The first-order valence-electron chi connectivity index (χ1n) is 9.23. The van der Waals surface area contributed by atoms with Crippen LogP contribution in [0.15, 0.2) is 77.6 Å². The fourth-order valence-electron chi connectivity index (χ4n) is 3.11. The molecule has 7 heteroatoms. The van der Waals surface area contributed by atoms with E-state index in [2.05, 4.69) is 15.5 Å². The van der Waals surface area contributed by atoms with E-state index in [-0.39, 0.29) is 29.5 Å². The average Bonchev–Trinajstić information content (AvgIpc) is 3.17. The Bertz CT molecular complexity index is 1160. The van der Waals surface area contributed by atoms with Gasteiger partial charge in [0.25, 0.3) is 0 Å². The number of pyridine rings is 1. The molecule has 0 spiro atoms. The number of aromatic nitrogens is 2. The second-order valence-corrected chi connectivity index (χ2v) is 6.53. The monoisotopic (exact) mass is 403 g/mol. The van der Waals surface area contributed by atoms with E-state index in [0.29, 0.717) is 16.9 Å². The SMILES string of the molecule is COc1ccc(-c2noc(NC(=O)Cc3ccccc3)c2-c2ccncc2)c(F)c1. The smallest absolute Gasteiger partial charge is 0.239 e. The van der Waals surface area contributed by atoms with Gasteiger partial charge in [-0.15, -0.1) is 0 Å². The number of anilines is 1. The number of carbonyl (C=O) groups is 1. The van der Waals surface area contributed by atoms with Crippen LogP contribution in [0.4, 0.5) is 10.3 Å². The summed E-state index contributed by atoms with van der Waals surface area (Å²) in [5.74, 6) is -0.247. The molecule has 2 aromatic heterocycles. The van der Waals surface area contributed by atoms with E-state index in [1.165, 1.54) is 13.2 Å². The standard InChI is InChI=1S/C23H18FN3O3/c1-29-17-7-8-18(19(24)14-17)22-21(16-9-11-25-12-10-16)23(30-27-22)26-20(28)13-15-5-3-2-4-6-15/h2-12,14H,13H2,1H3,(H,26,28). The molecule has 30 heavy (non-hydrogen) atoms. The molecule has 4 aromatic rings. The number of methoxy groups -OCH3 is 1. The quantitative estimate of drug-likeness (QED) is 0.504. The molecule has 2 aromatic carbocycles. The average molecular weight is 403 g/mol. The number of nitrogens with one attached hydrogen (secondary N) is 1. The van der Waals surface area contributed by atoms with E-state index in [4.69, 9.17) is 9.26 Å². The molecule has 150 valence electrons. The van der Waals surface area contributed by atoms with Crippen molar-refractivity contribution >= 4 is 11.8 Å². The van der Waals surface area contributed by atoms with Crippen LogP contribution < -0.4 is 10.1 Å². The van der Waals surface area contributed by atoms with Gasteiger partial charge < -0.3 is 9.26 Å². The number of rotatable bonds is 6. The van der Waals surface area contributed by atoms with Crippen molar-refractivity contribution in [1.29, 1.82) is 0 Å². The highest BCUT2D eigenvalue weighted by Crippen LogP contribution is 2.39. The summed E-state index contributed by atoms with van der Waals surface area (Å²) in [4.78, 5) is 16.6. The normalized spacial score (nSPS) is 10.6. The van der Waals surface area contributed by atoms with Gasteiger partial charge in [0.1, 0.15) is 17.3 Å². The summed E-state index contributed by atoms with van der Waals surface area (Å²) < 4.78 is 25.2. The van der Waals surface area contributed by atoms with Gasteiger partial charge in [-0.05, 0) is 35.4 Å². The fourth-order valence-corrected chi connectivity index (χ4v) is 3.11. The second-order valence-electron chi connectivity index (χ2n) is 6.53. The third-order valence-electron chi connectivity index (χ3n) is 4.55. The van der Waals surface area contributed by atoms with Crippen LogP contribution in [0.25, 0.3) is 22.4 Å². The van der Waals surface area contributed by atoms with Crippen molar-refractivity contribution in [2.45, 2.75) is 6.42 Å². The minimum absolute atomic E-state index is 0.146. The maximum atomic E-state index is 14.7. The number of halogens is 1. The van der Waals surface area contributed by atoms with E-state index in [0.717, 1.165) is 5.56 Å². The van der Waals surface area contributed by atoms with Gasteiger partial charge in [0, 0.05) is 24.0 Å². The molecule has 0 bridgehead atoms. The summed E-state index contributed by atoms with van der Waals surface area (Å²) in [5.41, 5.74) is 2.53. The van der Waals surface area contributed by atoms with Crippen LogP contribution in [0, 0.1) is 5.82 Å². The molecule has 0 saturated heterocycles. The van der Waals surface area contributed by atoms with Crippen molar-refractivity contribution in [3.05, 3.63) is 84.4 Å². The van der Waals surface area contributed by atoms with Crippen molar-refractivity contribution in [2.24, 2.45) is 0 Å². The number of hydrogen-bond acceptors (Lipinski definition) is 5. The summed E-state index contributed by atoms with van der Waals surface area (Å²) in [6, 6.07) is 17.3. The third kappa shape index (κ3) is 4.05. The van der Waals surface area contributed by atoms with Crippen LogP contribution in [0.5, 0.6) is 5.75 Å². The zero-order valence-corrected chi connectivity index (χ0v) is 16.1. The summed E-state index contributed by atoms with van der Waals surface area (Å²) in [6.07, 6.45) is 3.38. The molecule has 0 aliphatic carbocycles. The Hall–Kier alpha value is -4.00. The number of carbonyl (C=O) groups excluding carboxylic acids is 1. The molecule has 0 saturated carbocycles. The minimum atomic E-state index is -0.514. The molecule has 0 atom stereocenters. The van der Waals surface area contributed by atoms with Crippen molar-refractivity contribution < 1.29 is 18.4 Å². The Balaban J connectivity index is 1.72.